The molecule has 1 aliphatic carbocycles. The van der Waals surface area contributed by atoms with Gasteiger partial charge < -0.3 is 11.1 Å². The van der Waals surface area contributed by atoms with Crippen molar-refractivity contribution in [3.63, 3.8) is 0 Å². The van der Waals surface area contributed by atoms with E-state index >= 15 is 0 Å². The topological polar surface area (TPSA) is 80.9 Å². The fraction of sp³-hybridized carbons (Fsp3) is 0.375. The van der Waals surface area contributed by atoms with Gasteiger partial charge in [0.15, 0.2) is 5.82 Å². The van der Waals surface area contributed by atoms with Gasteiger partial charge in [0.2, 0.25) is 5.91 Å². The van der Waals surface area contributed by atoms with Crippen molar-refractivity contribution in [2.45, 2.75) is 12.5 Å². The van der Waals surface area contributed by atoms with Gasteiger partial charge >= 0.3 is 0 Å². The Hall–Kier alpha value is -1.27. The standard InChI is InChI=1S/C8H10N4OS/c9-6-2-1-5(3-6)8(13)10-7-4-14-12-11-7/h1-2,4-6H,3,9H2,(H,10,13). The van der Waals surface area contributed by atoms with Crippen molar-refractivity contribution in [1.29, 1.82) is 0 Å². The molecule has 0 radical (unpaired) electrons. The number of nitrogens with one attached hydrogen (secondary N) is 1. The van der Waals surface area contributed by atoms with Gasteiger partial charge in [-0.25, -0.2) is 0 Å². The third-order valence-corrected chi connectivity index (χ3v) is 2.57. The van der Waals surface area contributed by atoms with Crippen molar-refractivity contribution >= 4 is 23.3 Å². The average Bonchev–Trinajstić information content (AvgIpc) is 2.75. The van der Waals surface area contributed by atoms with E-state index in [2.05, 4.69) is 14.9 Å². The minimum absolute atomic E-state index is 0.000640. The average molecular weight is 210 g/mol. The van der Waals surface area contributed by atoms with E-state index in [1.807, 2.05) is 12.2 Å². The third kappa shape index (κ3) is 1.97. The molecule has 1 amide bonds. The summed E-state index contributed by atoms with van der Waals surface area (Å²) in [6.45, 7) is 0. The van der Waals surface area contributed by atoms with Crippen molar-refractivity contribution in [2.75, 3.05) is 5.32 Å². The van der Waals surface area contributed by atoms with Crippen LogP contribution in [0.2, 0.25) is 0 Å². The summed E-state index contributed by atoms with van der Waals surface area (Å²) >= 11 is 1.21. The van der Waals surface area contributed by atoms with Crippen molar-refractivity contribution < 1.29 is 4.79 Å². The molecule has 0 saturated carbocycles. The number of rotatable bonds is 2. The van der Waals surface area contributed by atoms with E-state index in [9.17, 15) is 4.79 Å². The van der Waals surface area contributed by atoms with Gasteiger partial charge in [-0.3, -0.25) is 4.79 Å². The van der Waals surface area contributed by atoms with Crippen LogP contribution < -0.4 is 11.1 Å². The van der Waals surface area contributed by atoms with Gasteiger partial charge in [-0.1, -0.05) is 16.6 Å². The highest BCUT2D eigenvalue weighted by Crippen LogP contribution is 2.18. The molecule has 0 spiro atoms. The molecule has 2 rings (SSSR count). The molecule has 0 fully saturated rings. The number of nitrogens with two attached hydrogens (primary N) is 1. The molecule has 2 unspecified atom stereocenters. The number of hydrogen-bond donors (Lipinski definition) is 2. The number of nitrogens with zero attached hydrogens (tertiary/aromatic N) is 2. The summed E-state index contributed by atoms with van der Waals surface area (Å²) in [7, 11) is 0. The summed E-state index contributed by atoms with van der Waals surface area (Å²) in [5.74, 6) is 0.308. The number of amides is 1. The lowest BCUT2D eigenvalue weighted by atomic mass is 10.1. The fourth-order valence-electron chi connectivity index (χ4n) is 1.36. The summed E-state index contributed by atoms with van der Waals surface area (Å²) in [4.78, 5) is 11.6. The predicted molar refractivity (Wildman–Crippen MR) is 53.8 cm³/mol. The normalized spacial score (nSPS) is 25.2. The molecule has 1 aromatic rings. The number of anilines is 1. The second kappa shape index (κ2) is 3.85. The minimum Gasteiger partial charge on any atom is -0.324 e. The lowest BCUT2D eigenvalue weighted by Crippen LogP contribution is -2.24. The molecule has 1 aromatic heterocycles. The zero-order valence-corrected chi connectivity index (χ0v) is 8.20. The van der Waals surface area contributed by atoms with E-state index in [1.165, 1.54) is 11.5 Å². The van der Waals surface area contributed by atoms with E-state index in [4.69, 9.17) is 5.73 Å². The van der Waals surface area contributed by atoms with E-state index in [0.29, 0.717) is 12.2 Å². The van der Waals surface area contributed by atoms with Crippen LogP contribution >= 0.6 is 11.5 Å². The van der Waals surface area contributed by atoms with Crippen LogP contribution in [0.1, 0.15) is 6.42 Å². The third-order valence-electron chi connectivity index (χ3n) is 2.06. The SMILES string of the molecule is NC1C=CC(C(=O)Nc2csnn2)C1. The number of carbonyl (C=O) groups excluding carboxylic acids is 1. The van der Waals surface area contributed by atoms with E-state index in [-0.39, 0.29) is 17.9 Å². The summed E-state index contributed by atoms with van der Waals surface area (Å²) in [5.41, 5.74) is 5.64. The zero-order chi connectivity index (χ0) is 9.97. The summed E-state index contributed by atoms with van der Waals surface area (Å²) in [6, 6.07) is -0.000640. The van der Waals surface area contributed by atoms with Crippen LogP contribution in [0.5, 0.6) is 0 Å². The van der Waals surface area contributed by atoms with Gasteiger partial charge in [0, 0.05) is 6.04 Å². The summed E-state index contributed by atoms with van der Waals surface area (Å²) in [6.07, 6.45) is 4.35. The van der Waals surface area contributed by atoms with E-state index < -0.39 is 0 Å². The maximum absolute atomic E-state index is 11.6. The molecule has 14 heavy (non-hydrogen) atoms. The van der Waals surface area contributed by atoms with Gasteiger partial charge in [0.1, 0.15) is 0 Å². The monoisotopic (exact) mass is 210 g/mol. The Morgan fingerprint density at radius 2 is 2.50 bits per heavy atom. The van der Waals surface area contributed by atoms with Gasteiger partial charge in [-0.2, -0.15) is 0 Å². The second-order valence-corrected chi connectivity index (χ2v) is 3.78. The van der Waals surface area contributed by atoms with Crippen molar-refractivity contribution in [1.82, 2.24) is 9.59 Å². The number of carbonyl (C=O) groups is 1. The van der Waals surface area contributed by atoms with Crippen LogP contribution in [-0.2, 0) is 4.79 Å². The van der Waals surface area contributed by atoms with Crippen LogP contribution in [0.25, 0.3) is 0 Å². The molecule has 6 heteroatoms. The Morgan fingerprint density at radius 1 is 1.64 bits per heavy atom. The van der Waals surface area contributed by atoms with Crippen molar-refractivity contribution in [2.24, 2.45) is 11.7 Å². The maximum atomic E-state index is 11.6. The quantitative estimate of drug-likeness (QED) is 0.691. The van der Waals surface area contributed by atoms with E-state index in [0.717, 1.165) is 0 Å². The fourth-order valence-corrected chi connectivity index (χ4v) is 1.75. The summed E-state index contributed by atoms with van der Waals surface area (Å²) < 4.78 is 3.65. The molecule has 74 valence electrons. The number of aromatic nitrogens is 2. The lowest BCUT2D eigenvalue weighted by molar-refractivity contribution is -0.118. The first-order chi connectivity index (χ1) is 6.75. The lowest BCUT2D eigenvalue weighted by Gasteiger charge is -2.07. The highest BCUT2D eigenvalue weighted by molar-refractivity contribution is 7.03. The first kappa shape index (κ1) is 9.29. The molecule has 0 bridgehead atoms. The molecule has 3 N–H and O–H groups in total. The van der Waals surface area contributed by atoms with Crippen molar-refractivity contribution in [3.05, 3.63) is 17.5 Å². The molecular formula is C8H10N4OS. The molecular weight excluding hydrogens is 200 g/mol. The second-order valence-electron chi connectivity index (χ2n) is 3.17. The molecule has 1 aliphatic rings. The molecule has 0 aliphatic heterocycles. The zero-order valence-electron chi connectivity index (χ0n) is 7.38. The van der Waals surface area contributed by atoms with Gasteiger partial charge in [-0.15, -0.1) is 5.10 Å². The first-order valence-electron chi connectivity index (χ1n) is 4.27. The highest BCUT2D eigenvalue weighted by Gasteiger charge is 2.22. The van der Waals surface area contributed by atoms with Crippen molar-refractivity contribution in [3.8, 4) is 0 Å². The maximum Gasteiger partial charge on any atom is 0.232 e. The Kier molecular flexibility index (Phi) is 2.55. The molecule has 0 saturated heterocycles. The molecule has 0 aromatic carbocycles. The first-order valence-corrected chi connectivity index (χ1v) is 5.11. The molecule has 5 nitrogen and oxygen atoms in total. The highest BCUT2D eigenvalue weighted by atomic mass is 32.1. The molecule has 1 heterocycles. The minimum atomic E-state index is -0.133. The van der Waals surface area contributed by atoms with E-state index in [1.54, 1.807) is 5.38 Å². The van der Waals surface area contributed by atoms with Crippen LogP contribution in [0.3, 0.4) is 0 Å². The Bertz CT molecular complexity index is 348. The Balaban J connectivity index is 1.94. The van der Waals surface area contributed by atoms with Gasteiger partial charge in [0.25, 0.3) is 0 Å². The molecule has 2 atom stereocenters. The van der Waals surface area contributed by atoms with Gasteiger partial charge in [-0.05, 0) is 18.0 Å². The Morgan fingerprint density at radius 3 is 3.07 bits per heavy atom. The van der Waals surface area contributed by atoms with Crippen LogP contribution in [0.4, 0.5) is 5.82 Å². The van der Waals surface area contributed by atoms with Crippen LogP contribution in [-0.4, -0.2) is 21.5 Å². The smallest absolute Gasteiger partial charge is 0.232 e. The predicted octanol–water partition coefficient (Wildman–Crippen LogP) is 0.380. The summed E-state index contributed by atoms with van der Waals surface area (Å²) in [5, 5.41) is 8.09. The largest absolute Gasteiger partial charge is 0.324 e. The van der Waals surface area contributed by atoms with Crippen LogP contribution in [0.15, 0.2) is 17.5 Å². The Labute approximate surface area is 85.2 Å². The van der Waals surface area contributed by atoms with Crippen LogP contribution in [0, 0.1) is 5.92 Å². The van der Waals surface area contributed by atoms with Gasteiger partial charge in [0.05, 0.1) is 11.3 Å². The number of hydrogen-bond acceptors (Lipinski definition) is 5.